The van der Waals surface area contributed by atoms with Crippen LogP contribution in [0.2, 0.25) is 0 Å². The molecule has 0 fully saturated rings. The van der Waals surface area contributed by atoms with E-state index in [4.69, 9.17) is 15.2 Å². The van der Waals surface area contributed by atoms with E-state index in [-0.39, 0.29) is 0 Å². The van der Waals surface area contributed by atoms with Crippen LogP contribution in [0.5, 0.6) is 0 Å². The minimum Gasteiger partial charge on any atom is -0.378 e. The summed E-state index contributed by atoms with van der Waals surface area (Å²) in [6.07, 6.45) is 7.51. The Morgan fingerprint density at radius 2 is 2.00 bits per heavy atom. The van der Waals surface area contributed by atoms with E-state index in [0.717, 1.165) is 26.1 Å². The minimum absolute atomic E-state index is 0.574. The molecule has 0 saturated heterocycles. The van der Waals surface area contributed by atoms with Crippen LogP contribution in [0.25, 0.3) is 0 Å². The predicted octanol–water partition coefficient (Wildman–Crippen LogP) is 0.454. The molecular weight excluding hydrogens is 204 g/mol. The molecule has 0 aromatic rings. The molecule has 0 unspecified atom stereocenters. The van der Waals surface area contributed by atoms with Gasteiger partial charge in [-0.05, 0) is 6.42 Å². The molecule has 0 atom stereocenters. The molecule has 0 spiro atoms. The molecule has 0 amide bonds. The Bertz CT molecular complexity index is 227. The minimum atomic E-state index is 0.574. The van der Waals surface area contributed by atoms with Crippen molar-refractivity contribution in [3.63, 3.8) is 0 Å². The zero-order chi connectivity index (χ0) is 11.5. The van der Waals surface area contributed by atoms with Crippen molar-refractivity contribution >= 4 is 0 Å². The fourth-order valence-corrected chi connectivity index (χ4v) is 1.42. The molecule has 92 valence electrons. The molecule has 3 N–H and O–H groups in total. The predicted molar refractivity (Wildman–Crippen MR) is 65.4 cm³/mol. The van der Waals surface area contributed by atoms with Crippen molar-refractivity contribution in [1.82, 2.24) is 5.32 Å². The first-order chi connectivity index (χ1) is 7.93. The summed E-state index contributed by atoms with van der Waals surface area (Å²) in [4.78, 5) is 0. The summed E-state index contributed by atoms with van der Waals surface area (Å²) in [7, 11) is 0. The molecule has 1 aliphatic rings. The lowest BCUT2D eigenvalue weighted by atomic mass is 10.2. The van der Waals surface area contributed by atoms with Gasteiger partial charge in [-0.2, -0.15) is 0 Å². The van der Waals surface area contributed by atoms with Gasteiger partial charge in [-0.25, -0.2) is 0 Å². The van der Waals surface area contributed by atoms with Gasteiger partial charge >= 0.3 is 0 Å². The summed E-state index contributed by atoms with van der Waals surface area (Å²) >= 11 is 0. The number of ether oxygens (including phenoxy) is 2. The van der Waals surface area contributed by atoms with E-state index in [2.05, 4.69) is 23.5 Å². The van der Waals surface area contributed by atoms with Gasteiger partial charge in [0, 0.05) is 19.6 Å². The highest BCUT2D eigenvalue weighted by Gasteiger charge is 1.97. The maximum Gasteiger partial charge on any atom is 0.0701 e. The Morgan fingerprint density at radius 1 is 1.19 bits per heavy atom. The van der Waals surface area contributed by atoms with Crippen LogP contribution < -0.4 is 11.1 Å². The smallest absolute Gasteiger partial charge is 0.0701 e. The third kappa shape index (κ3) is 6.74. The zero-order valence-corrected chi connectivity index (χ0v) is 9.78. The highest BCUT2D eigenvalue weighted by atomic mass is 16.5. The quantitative estimate of drug-likeness (QED) is 0.531. The zero-order valence-electron chi connectivity index (χ0n) is 9.78. The van der Waals surface area contributed by atoms with Crippen molar-refractivity contribution in [2.75, 3.05) is 46.1 Å². The van der Waals surface area contributed by atoms with E-state index in [9.17, 15) is 0 Å². The number of rotatable bonds is 10. The molecule has 0 aliphatic heterocycles. The molecule has 0 saturated carbocycles. The van der Waals surface area contributed by atoms with E-state index < -0.39 is 0 Å². The van der Waals surface area contributed by atoms with Crippen LogP contribution in [0, 0.1) is 0 Å². The van der Waals surface area contributed by atoms with Crippen LogP contribution >= 0.6 is 0 Å². The van der Waals surface area contributed by atoms with Crippen LogP contribution in [0.4, 0.5) is 0 Å². The summed E-state index contributed by atoms with van der Waals surface area (Å²) in [5.41, 5.74) is 6.72. The lowest BCUT2D eigenvalue weighted by molar-refractivity contribution is 0.0520. The van der Waals surface area contributed by atoms with Crippen molar-refractivity contribution in [3.05, 3.63) is 23.8 Å². The van der Waals surface area contributed by atoms with E-state index >= 15 is 0 Å². The molecule has 0 aromatic heterocycles. The Hall–Kier alpha value is -0.680. The second-order valence-corrected chi connectivity index (χ2v) is 3.65. The van der Waals surface area contributed by atoms with Crippen LogP contribution in [-0.4, -0.2) is 46.1 Å². The van der Waals surface area contributed by atoms with Crippen molar-refractivity contribution in [2.24, 2.45) is 5.73 Å². The maximum absolute atomic E-state index is 5.38. The topological polar surface area (TPSA) is 56.5 Å². The fraction of sp³-hybridized carbons (Fsp3) is 0.667. The summed E-state index contributed by atoms with van der Waals surface area (Å²) in [6, 6.07) is 0. The van der Waals surface area contributed by atoms with E-state index in [1.807, 2.05) is 0 Å². The van der Waals surface area contributed by atoms with Crippen LogP contribution in [-0.2, 0) is 9.47 Å². The van der Waals surface area contributed by atoms with Gasteiger partial charge in [0.1, 0.15) is 0 Å². The van der Waals surface area contributed by atoms with Crippen molar-refractivity contribution in [3.8, 4) is 0 Å². The molecule has 0 bridgehead atoms. The van der Waals surface area contributed by atoms with Gasteiger partial charge < -0.3 is 20.5 Å². The number of hydrogen-bond donors (Lipinski definition) is 2. The molecule has 0 radical (unpaired) electrons. The van der Waals surface area contributed by atoms with Gasteiger partial charge in [-0.1, -0.05) is 23.8 Å². The highest BCUT2D eigenvalue weighted by molar-refractivity contribution is 5.23. The molecule has 4 nitrogen and oxygen atoms in total. The van der Waals surface area contributed by atoms with Gasteiger partial charge in [0.25, 0.3) is 0 Å². The van der Waals surface area contributed by atoms with Crippen LogP contribution in [0.3, 0.4) is 0 Å². The van der Waals surface area contributed by atoms with Gasteiger partial charge in [0.15, 0.2) is 0 Å². The lowest BCUT2D eigenvalue weighted by Crippen LogP contribution is -2.22. The van der Waals surface area contributed by atoms with Crippen LogP contribution in [0.15, 0.2) is 23.8 Å². The number of hydrogen-bond acceptors (Lipinski definition) is 4. The number of allylic oxidation sites excluding steroid dienone is 3. The first kappa shape index (κ1) is 13.4. The second kappa shape index (κ2) is 9.54. The number of nitrogens with two attached hydrogens (primary N) is 1. The standard InChI is InChI=1S/C12H22N2O2/c13-5-7-15-9-10-16-8-6-14-11-12-3-1-2-4-12/h1-3,14H,4-11,13H2. The summed E-state index contributed by atoms with van der Waals surface area (Å²) in [6.45, 7) is 5.03. The molecule has 0 aromatic carbocycles. The summed E-state index contributed by atoms with van der Waals surface area (Å²) < 4.78 is 10.6. The first-order valence-electron chi connectivity index (χ1n) is 5.84. The largest absolute Gasteiger partial charge is 0.378 e. The van der Waals surface area contributed by atoms with E-state index in [1.54, 1.807) is 0 Å². The van der Waals surface area contributed by atoms with Gasteiger partial charge in [-0.3, -0.25) is 0 Å². The third-order valence-electron chi connectivity index (χ3n) is 2.26. The Kier molecular flexibility index (Phi) is 7.98. The molecule has 0 heterocycles. The number of nitrogens with one attached hydrogen (secondary N) is 1. The van der Waals surface area contributed by atoms with Crippen molar-refractivity contribution in [2.45, 2.75) is 6.42 Å². The molecule has 16 heavy (non-hydrogen) atoms. The van der Waals surface area contributed by atoms with Crippen LogP contribution in [0.1, 0.15) is 6.42 Å². The van der Waals surface area contributed by atoms with Crippen molar-refractivity contribution in [1.29, 1.82) is 0 Å². The monoisotopic (exact) mass is 226 g/mol. The average Bonchev–Trinajstić information content (AvgIpc) is 2.80. The van der Waals surface area contributed by atoms with Gasteiger partial charge in [-0.15, -0.1) is 0 Å². The maximum atomic E-state index is 5.38. The third-order valence-corrected chi connectivity index (χ3v) is 2.26. The van der Waals surface area contributed by atoms with E-state index in [1.165, 1.54) is 5.57 Å². The lowest BCUT2D eigenvalue weighted by Gasteiger charge is -2.07. The molecular formula is C12H22N2O2. The molecule has 4 heteroatoms. The Labute approximate surface area is 97.5 Å². The Balaban J connectivity index is 1.75. The van der Waals surface area contributed by atoms with Gasteiger partial charge in [0.05, 0.1) is 26.4 Å². The Morgan fingerprint density at radius 3 is 2.69 bits per heavy atom. The SMILES string of the molecule is NCCOCCOCCNCC1=CC=CC1. The first-order valence-corrected chi connectivity index (χ1v) is 5.84. The molecule has 1 aliphatic carbocycles. The van der Waals surface area contributed by atoms with Crippen molar-refractivity contribution < 1.29 is 9.47 Å². The normalized spacial score (nSPS) is 14.4. The molecule has 1 rings (SSSR count). The summed E-state index contributed by atoms with van der Waals surface area (Å²) in [5.74, 6) is 0. The fourth-order valence-electron chi connectivity index (χ4n) is 1.42. The van der Waals surface area contributed by atoms with E-state index in [0.29, 0.717) is 26.4 Å². The summed E-state index contributed by atoms with van der Waals surface area (Å²) in [5, 5.41) is 3.34. The van der Waals surface area contributed by atoms with Gasteiger partial charge in [0.2, 0.25) is 0 Å². The highest BCUT2D eigenvalue weighted by Crippen LogP contribution is 2.07. The average molecular weight is 226 g/mol. The second-order valence-electron chi connectivity index (χ2n) is 3.65.